The van der Waals surface area contributed by atoms with Gasteiger partial charge in [-0.25, -0.2) is 4.57 Å². The first-order valence-corrected chi connectivity index (χ1v) is 26.4. The molecule has 1 unspecified atom stereocenters. The maximum absolute atomic E-state index is 12.7. The second kappa shape index (κ2) is 42.1. The van der Waals surface area contributed by atoms with Crippen molar-refractivity contribution in [2.24, 2.45) is 0 Å². The largest absolute Gasteiger partial charge is 0.472 e. The van der Waals surface area contributed by atoms with Crippen LogP contribution >= 0.6 is 7.82 Å². The van der Waals surface area contributed by atoms with Gasteiger partial charge in [0.05, 0.1) is 27.7 Å². The molecule has 0 aromatic carbocycles. The van der Waals surface area contributed by atoms with Gasteiger partial charge in [-0.3, -0.25) is 18.6 Å². The highest BCUT2D eigenvalue weighted by molar-refractivity contribution is 7.47. The molecule has 0 spiro atoms. The highest BCUT2D eigenvalue weighted by Gasteiger charge is 2.27. The van der Waals surface area contributed by atoms with Gasteiger partial charge < -0.3 is 18.9 Å². The molecule has 0 bridgehead atoms. The first-order chi connectivity index (χ1) is 28.5. The monoisotopic (exact) mass is 859 g/mol. The predicted molar refractivity (Wildman–Crippen MR) is 248 cm³/mol. The van der Waals surface area contributed by atoms with Gasteiger partial charge in [0.1, 0.15) is 19.8 Å². The number of phosphoric acid groups is 1. The summed E-state index contributed by atoms with van der Waals surface area (Å²) in [7, 11) is 1.48. The number of ether oxygens (including phenoxy) is 2. The number of hydrogen-bond acceptors (Lipinski definition) is 7. The third kappa shape index (κ3) is 46.1. The van der Waals surface area contributed by atoms with E-state index >= 15 is 0 Å². The van der Waals surface area contributed by atoms with Crippen LogP contribution in [0.1, 0.15) is 239 Å². The van der Waals surface area contributed by atoms with Crippen LogP contribution in [0.4, 0.5) is 0 Å². The molecule has 0 rings (SSSR count). The Balaban J connectivity index is 4.18. The lowest BCUT2D eigenvalue weighted by molar-refractivity contribution is -0.870. The summed E-state index contributed by atoms with van der Waals surface area (Å²) in [5, 5.41) is 0. The number of esters is 2. The summed E-state index contributed by atoms with van der Waals surface area (Å²) < 4.78 is 34.3. The molecular formula is C49H97NO8P+. The summed E-state index contributed by atoms with van der Waals surface area (Å²) in [6.07, 6.45) is 45.7. The van der Waals surface area contributed by atoms with Crippen molar-refractivity contribution in [1.82, 2.24) is 0 Å². The fraction of sp³-hybridized carbons (Fsp3) is 0.918. The van der Waals surface area contributed by atoms with Crippen LogP contribution < -0.4 is 0 Å². The van der Waals surface area contributed by atoms with Crippen LogP contribution in [0.3, 0.4) is 0 Å². The number of nitrogens with zero attached hydrogens (tertiary/aromatic N) is 1. The summed E-state index contributed by atoms with van der Waals surface area (Å²) in [6.45, 7) is 4.43. The van der Waals surface area contributed by atoms with Gasteiger partial charge in [-0.15, -0.1) is 0 Å². The first-order valence-electron chi connectivity index (χ1n) is 24.9. The Morgan fingerprint density at radius 3 is 1.31 bits per heavy atom. The van der Waals surface area contributed by atoms with Gasteiger partial charge in [0, 0.05) is 12.8 Å². The van der Waals surface area contributed by atoms with E-state index in [0.717, 1.165) is 25.7 Å². The minimum Gasteiger partial charge on any atom is -0.462 e. The summed E-state index contributed by atoms with van der Waals surface area (Å²) in [6, 6.07) is 0. The van der Waals surface area contributed by atoms with Crippen LogP contribution in [-0.4, -0.2) is 74.9 Å². The molecule has 0 amide bonds. The number of hydrogen-bond donors (Lipinski definition) is 1. The number of unbranched alkanes of at least 4 members (excludes halogenated alkanes) is 30. The van der Waals surface area contributed by atoms with Crippen molar-refractivity contribution in [2.45, 2.75) is 245 Å². The molecule has 0 aliphatic heterocycles. The van der Waals surface area contributed by atoms with E-state index in [1.54, 1.807) is 0 Å². The second-order valence-electron chi connectivity index (χ2n) is 18.2. The van der Waals surface area contributed by atoms with Crippen LogP contribution in [0.25, 0.3) is 0 Å². The molecule has 9 nitrogen and oxygen atoms in total. The Kier molecular flexibility index (Phi) is 41.2. The van der Waals surface area contributed by atoms with E-state index in [1.807, 2.05) is 21.1 Å². The van der Waals surface area contributed by atoms with Gasteiger partial charge in [0.25, 0.3) is 0 Å². The summed E-state index contributed by atoms with van der Waals surface area (Å²) in [5.41, 5.74) is 0. The highest BCUT2D eigenvalue weighted by Crippen LogP contribution is 2.43. The summed E-state index contributed by atoms with van der Waals surface area (Å²) in [5.74, 6) is -0.823. The van der Waals surface area contributed by atoms with E-state index in [4.69, 9.17) is 18.5 Å². The molecule has 350 valence electrons. The van der Waals surface area contributed by atoms with Crippen LogP contribution in [0.15, 0.2) is 12.2 Å². The van der Waals surface area contributed by atoms with Gasteiger partial charge in [-0.2, -0.15) is 0 Å². The van der Waals surface area contributed by atoms with Gasteiger partial charge in [-0.05, 0) is 32.1 Å². The van der Waals surface area contributed by atoms with E-state index in [-0.39, 0.29) is 26.1 Å². The zero-order chi connectivity index (χ0) is 43.6. The molecule has 1 N–H and O–H groups in total. The molecule has 10 heteroatoms. The Labute approximate surface area is 365 Å². The van der Waals surface area contributed by atoms with Crippen molar-refractivity contribution in [1.29, 1.82) is 0 Å². The van der Waals surface area contributed by atoms with Crippen molar-refractivity contribution in [3.05, 3.63) is 12.2 Å². The van der Waals surface area contributed by atoms with Gasteiger partial charge in [0.15, 0.2) is 6.10 Å². The number of carbonyl (C=O) groups excluding carboxylic acids is 2. The summed E-state index contributed by atoms with van der Waals surface area (Å²) >= 11 is 0. The average Bonchev–Trinajstić information content (AvgIpc) is 3.19. The molecule has 0 radical (unpaired) electrons. The number of carbonyl (C=O) groups is 2. The molecule has 0 saturated carbocycles. The van der Waals surface area contributed by atoms with Crippen molar-refractivity contribution in [2.75, 3.05) is 47.5 Å². The van der Waals surface area contributed by atoms with Crippen LogP contribution in [0.5, 0.6) is 0 Å². The van der Waals surface area contributed by atoms with Gasteiger partial charge >= 0.3 is 19.8 Å². The Hall–Kier alpha value is -1.25. The molecule has 0 aromatic rings. The molecule has 0 aliphatic carbocycles. The van der Waals surface area contributed by atoms with E-state index in [2.05, 4.69) is 26.0 Å². The number of allylic oxidation sites excluding steroid dienone is 2. The fourth-order valence-corrected chi connectivity index (χ4v) is 7.88. The molecule has 0 aromatic heterocycles. The lowest BCUT2D eigenvalue weighted by atomic mass is 10.0. The predicted octanol–water partition coefficient (Wildman–Crippen LogP) is 14.5. The van der Waals surface area contributed by atoms with Crippen molar-refractivity contribution < 1.29 is 42.1 Å². The van der Waals surface area contributed by atoms with E-state index in [9.17, 15) is 19.0 Å². The molecule has 0 saturated heterocycles. The molecule has 59 heavy (non-hydrogen) atoms. The van der Waals surface area contributed by atoms with Crippen LogP contribution in [0.2, 0.25) is 0 Å². The van der Waals surface area contributed by atoms with Gasteiger partial charge in [-0.1, -0.05) is 206 Å². The third-order valence-electron chi connectivity index (χ3n) is 11.0. The molecule has 0 fully saturated rings. The molecule has 0 heterocycles. The first kappa shape index (κ1) is 57.8. The number of quaternary nitrogens is 1. The number of phosphoric ester groups is 1. The Morgan fingerprint density at radius 1 is 0.508 bits per heavy atom. The Morgan fingerprint density at radius 2 is 0.881 bits per heavy atom. The van der Waals surface area contributed by atoms with Crippen molar-refractivity contribution in [3.8, 4) is 0 Å². The third-order valence-corrected chi connectivity index (χ3v) is 12.0. The van der Waals surface area contributed by atoms with Crippen LogP contribution in [-0.2, 0) is 32.7 Å². The average molecular weight is 859 g/mol. The molecular weight excluding hydrogens is 762 g/mol. The molecule has 0 aliphatic rings. The number of likely N-dealkylation sites (N-methyl/N-ethyl adjacent to an activating group) is 1. The normalized spacial score (nSPS) is 13.5. The lowest BCUT2D eigenvalue weighted by Crippen LogP contribution is -2.37. The minimum atomic E-state index is -4.38. The maximum atomic E-state index is 12.7. The SMILES string of the molecule is CCCCCCCCCCCCCCCCCCCC/C=C/CCCC(=O)OC[C@@H](COP(=O)(O)OCC[N+](C)(C)C)OC(=O)CCCCCCCCCCCCCC. The standard InChI is InChI=1S/C49H96NO8P/c1-6-8-10-12-14-16-18-20-21-22-23-24-25-26-27-28-29-30-32-33-35-37-39-41-48(51)55-45-47(46-57-59(53,54)56-44-43-50(3,4)5)58-49(52)42-40-38-36-34-31-19-17-15-13-11-9-7-2/h33,35,47H,6-32,34,36-46H2,1-5H3/p+1/b35-33+/t47-/m0/s1. The van der Waals surface area contributed by atoms with E-state index in [1.165, 1.54) is 173 Å². The van der Waals surface area contributed by atoms with Crippen LogP contribution in [0, 0.1) is 0 Å². The van der Waals surface area contributed by atoms with E-state index in [0.29, 0.717) is 23.9 Å². The van der Waals surface area contributed by atoms with E-state index < -0.39 is 32.5 Å². The van der Waals surface area contributed by atoms with Crippen molar-refractivity contribution in [3.63, 3.8) is 0 Å². The van der Waals surface area contributed by atoms with Gasteiger partial charge in [0.2, 0.25) is 0 Å². The lowest BCUT2D eigenvalue weighted by Gasteiger charge is -2.24. The second-order valence-corrected chi connectivity index (χ2v) is 19.7. The quantitative estimate of drug-likeness (QED) is 0.0212. The zero-order valence-corrected chi connectivity index (χ0v) is 40.4. The fourth-order valence-electron chi connectivity index (χ4n) is 7.14. The smallest absolute Gasteiger partial charge is 0.462 e. The number of rotatable bonds is 46. The highest BCUT2D eigenvalue weighted by atomic mass is 31.2. The maximum Gasteiger partial charge on any atom is 0.472 e. The van der Waals surface area contributed by atoms with Crippen molar-refractivity contribution >= 4 is 19.8 Å². The minimum absolute atomic E-state index is 0.0314. The topological polar surface area (TPSA) is 108 Å². The Bertz CT molecular complexity index is 1020. The zero-order valence-electron chi connectivity index (χ0n) is 39.5. The summed E-state index contributed by atoms with van der Waals surface area (Å²) in [4.78, 5) is 35.4. The molecule has 2 atom stereocenters.